The third-order valence-electron chi connectivity index (χ3n) is 3.30. The molecule has 24 heavy (non-hydrogen) atoms. The number of anilines is 1. The van der Waals surface area contributed by atoms with E-state index in [2.05, 4.69) is 9.72 Å². The molecule has 1 aliphatic heterocycles. The van der Waals surface area contributed by atoms with Gasteiger partial charge in [0.1, 0.15) is 5.82 Å². The maximum absolute atomic E-state index is 12.5. The Hall–Kier alpha value is -2.20. The molecule has 1 fully saturated rings. The Morgan fingerprint density at radius 3 is 2.17 bits per heavy atom. The van der Waals surface area contributed by atoms with Crippen LogP contribution in [0.5, 0.6) is 0 Å². The predicted octanol–water partition coefficient (Wildman–Crippen LogP) is 2.92. The van der Waals surface area contributed by atoms with E-state index in [4.69, 9.17) is 0 Å². The van der Waals surface area contributed by atoms with Crippen molar-refractivity contribution in [3.8, 4) is 0 Å². The van der Waals surface area contributed by atoms with Crippen LogP contribution < -0.4 is 4.90 Å². The topological polar surface area (TPSA) is 45.7 Å². The van der Waals surface area contributed by atoms with Gasteiger partial charge in [-0.3, -0.25) is 0 Å². The average Bonchev–Trinajstić information content (AvgIpc) is 2.51. The van der Waals surface area contributed by atoms with Gasteiger partial charge in [-0.15, -0.1) is 0 Å². The summed E-state index contributed by atoms with van der Waals surface area (Å²) in [6, 6.07) is 2.10. The van der Waals surface area contributed by atoms with E-state index in [1.165, 1.54) is 6.07 Å². The van der Waals surface area contributed by atoms with E-state index in [1.54, 1.807) is 4.90 Å². The fourth-order valence-corrected chi connectivity index (χ4v) is 2.09. The Morgan fingerprint density at radius 1 is 1.08 bits per heavy atom. The molecule has 0 unspecified atom stereocenters. The molecule has 0 aromatic carbocycles. The van der Waals surface area contributed by atoms with E-state index in [0.717, 1.165) is 11.0 Å². The molecule has 1 saturated heterocycles. The fraction of sp³-hybridized carbons (Fsp3) is 0.538. The molecule has 1 aromatic rings. The number of alkyl halides is 6. The van der Waals surface area contributed by atoms with Gasteiger partial charge in [0.15, 0.2) is 6.61 Å². The van der Waals surface area contributed by atoms with Crippen molar-refractivity contribution in [2.75, 3.05) is 37.7 Å². The lowest BCUT2D eigenvalue weighted by atomic mass is 10.2. The zero-order valence-electron chi connectivity index (χ0n) is 12.2. The minimum Gasteiger partial charge on any atom is -0.440 e. The zero-order valence-corrected chi connectivity index (χ0v) is 12.2. The lowest BCUT2D eigenvalue weighted by Gasteiger charge is -2.34. The maximum Gasteiger partial charge on any atom is 0.422 e. The molecule has 11 heteroatoms. The van der Waals surface area contributed by atoms with Crippen LogP contribution in [0, 0.1) is 0 Å². The minimum atomic E-state index is -4.60. The second-order valence-electron chi connectivity index (χ2n) is 5.05. The summed E-state index contributed by atoms with van der Waals surface area (Å²) in [4.78, 5) is 18.0. The van der Waals surface area contributed by atoms with Crippen LogP contribution >= 0.6 is 0 Å². The zero-order chi connectivity index (χ0) is 18.0. The van der Waals surface area contributed by atoms with Gasteiger partial charge in [0.25, 0.3) is 0 Å². The number of nitrogens with zero attached hydrogens (tertiary/aromatic N) is 3. The highest BCUT2D eigenvalue weighted by Crippen LogP contribution is 2.29. The molecule has 2 heterocycles. The molecule has 2 rings (SSSR count). The second kappa shape index (κ2) is 6.73. The molecule has 0 radical (unpaired) electrons. The molecule has 1 aromatic heterocycles. The molecule has 0 bridgehead atoms. The van der Waals surface area contributed by atoms with Crippen LogP contribution in [0.15, 0.2) is 18.3 Å². The summed E-state index contributed by atoms with van der Waals surface area (Å²) in [5, 5.41) is 0. The third-order valence-corrected chi connectivity index (χ3v) is 3.30. The number of ether oxygens (including phenoxy) is 1. The van der Waals surface area contributed by atoms with Gasteiger partial charge in [-0.1, -0.05) is 0 Å². The third kappa shape index (κ3) is 4.90. The Balaban J connectivity index is 1.87. The monoisotopic (exact) mass is 357 g/mol. The van der Waals surface area contributed by atoms with Crippen LogP contribution in [0.25, 0.3) is 0 Å². The summed E-state index contributed by atoms with van der Waals surface area (Å²) in [6.07, 6.45) is -9.44. The van der Waals surface area contributed by atoms with Gasteiger partial charge in [-0.05, 0) is 12.1 Å². The summed E-state index contributed by atoms with van der Waals surface area (Å²) >= 11 is 0. The van der Waals surface area contributed by atoms with Crippen LogP contribution in [0.1, 0.15) is 5.56 Å². The highest BCUT2D eigenvalue weighted by Gasteiger charge is 2.32. The molecule has 0 atom stereocenters. The first-order valence-corrected chi connectivity index (χ1v) is 6.83. The number of carbonyl (C=O) groups is 1. The van der Waals surface area contributed by atoms with Crippen molar-refractivity contribution in [2.24, 2.45) is 0 Å². The van der Waals surface area contributed by atoms with E-state index >= 15 is 0 Å². The Bertz CT molecular complexity index is 565. The van der Waals surface area contributed by atoms with E-state index in [1.807, 2.05) is 0 Å². The smallest absolute Gasteiger partial charge is 0.422 e. The predicted molar refractivity (Wildman–Crippen MR) is 70.4 cm³/mol. The fourth-order valence-electron chi connectivity index (χ4n) is 2.09. The van der Waals surface area contributed by atoms with Crippen molar-refractivity contribution in [1.29, 1.82) is 0 Å². The number of aromatic nitrogens is 1. The maximum atomic E-state index is 12.5. The number of halogens is 6. The number of carbonyl (C=O) groups excluding carboxylic acids is 1. The van der Waals surface area contributed by atoms with Crippen LogP contribution in [-0.4, -0.2) is 54.9 Å². The van der Waals surface area contributed by atoms with Crippen molar-refractivity contribution >= 4 is 11.9 Å². The quantitative estimate of drug-likeness (QED) is 0.764. The molecular formula is C13H13F6N3O2. The standard InChI is InChI=1S/C13H13F6N3O2/c14-12(15,16)8-24-11(23)22-5-3-21(4-6-22)10-2-1-9(7-20-10)13(17,18)19/h1-2,7H,3-6,8H2. The molecule has 0 N–H and O–H groups in total. The van der Waals surface area contributed by atoms with Crippen molar-refractivity contribution < 1.29 is 35.9 Å². The molecule has 0 aliphatic carbocycles. The Morgan fingerprint density at radius 2 is 1.71 bits per heavy atom. The second-order valence-corrected chi connectivity index (χ2v) is 5.05. The number of hydrogen-bond acceptors (Lipinski definition) is 4. The molecule has 0 saturated carbocycles. The molecule has 1 aliphatic rings. The number of piperazine rings is 1. The normalized spacial score (nSPS) is 16.2. The van der Waals surface area contributed by atoms with Crippen molar-refractivity contribution in [2.45, 2.75) is 12.4 Å². The van der Waals surface area contributed by atoms with E-state index < -0.39 is 30.6 Å². The largest absolute Gasteiger partial charge is 0.440 e. The van der Waals surface area contributed by atoms with Crippen LogP contribution in [0.4, 0.5) is 37.0 Å². The van der Waals surface area contributed by atoms with Crippen molar-refractivity contribution in [3.63, 3.8) is 0 Å². The lowest BCUT2D eigenvalue weighted by Crippen LogP contribution is -2.49. The highest BCUT2D eigenvalue weighted by molar-refractivity contribution is 5.68. The van der Waals surface area contributed by atoms with Crippen LogP contribution in [0.2, 0.25) is 0 Å². The molecule has 0 spiro atoms. The number of pyridine rings is 1. The Kier molecular flexibility index (Phi) is 5.09. The molecular weight excluding hydrogens is 344 g/mol. The first-order chi connectivity index (χ1) is 11.1. The van der Waals surface area contributed by atoms with Gasteiger partial charge in [0.05, 0.1) is 5.56 Å². The summed E-state index contributed by atoms with van der Waals surface area (Å²) in [6.45, 7) is -1.05. The minimum absolute atomic E-state index is 0.0827. The summed E-state index contributed by atoms with van der Waals surface area (Å²) < 4.78 is 77.5. The molecule has 5 nitrogen and oxygen atoms in total. The van der Waals surface area contributed by atoms with Crippen molar-refractivity contribution in [1.82, 2.24) is 9.88 Å². The molecule has 1 amide bonds. The van der Waals surface area contributed by atoms with Crippen LogP contribution in [0.3, 0.4) is 0 Å². The van der Waals surface area contributed by atoms with E-state index in [0.29, 0.717) is 12.0 Å². The SMILES string of the molecule is O=C(OCC(F)(F)F)N1CCN(c2ccc(C(F)(F)F)cn2)CC1. The van der Waals surface area contributed by atoms with Gasteiger partial charge in [0, 0.05) is 32.4 Å². The van der Waals surface area contributed by atoms with Gasteiger partial charge >= 0.3 is 18.4 Å². The summed E-state index contributed by atoms with van der Waals surface area (Å²) in [7, 11) is 0. The van der Waals surface area contributed by atoms with Gasteiger partial charge < -0.3 is 14.5 Å². The number of amides is 1. The van der Waals surface area contributed by atoms with E-state index in [-0.39, 0.29) is 26.2 Å². The van der Waals surface area contributed by atoms with Gasteiger partial charge in [-0.25, -0.2) is 9.78 Å². The van der Waals surface area contributed by atoms with Gasteiger partial charge in [-0.2, -0.15) is 26.3 Å². The van der Waals surface area contributed by atoms with Crippen LogP contribution in [-0.2, 0) is 10.9 Å². The average molecular weight is 357 g/mol. The molecule has 134 valence electrons. The van der Waals surface area contributed by atoms with E-state index in [9.17, 15) is 31.1 Å². The van der Waals surface area contributed by atoms with Crippen molar-refractivity contribution in [3.05, 3.63) is 23.9 Å². The number of rotatable bonds is 2. The lowest BCUT2D eigenvalue weighted by molar-refractivity contribution is -0.162. The number of hydrogen-bond donors (Lipinski definition) is 0. The van der Waals surface area contributed by atoms with Gasteiger partial charge in [0.2, 0.25) is 0 Å². The highest BCUT2D eigenvalue weighted by atomic mass is 19.4. The Labute approximate surface area is 132 Å². The first kappa shape index (κ1) is 18.1. The summed E-state index contributed by atoms with van der Waals surface area (Å²) in [5.41, 5.74) is -0.874. The first-order valence-electron chi connectivity index (χ1n) is 6.83. The summed E-state index contributed by atoms with van der Waals surface area (Å²) in [5.74, 6) is 0.298.